The van der Waals surface area contributed by atoms with E-state index in [0.717, 1.165) is 31.5 Å². The van der Waals surface area contributed by atoms with Gasteiger partial charge in [0.1, 0.15) is 11.4 Å². The topological polar surface area (TPSA) is 44.1 Å². The van der Waals surface area contributed by atoms with Crippen molar-refractivity contribution in [2.45, 2.75) is 51.0 Å². The minimum Gasteiger partial charge on any atom is -0.368 e. The third kappa shape index (κ3) is 2.64. The van der Waals surface area contributed by atoms with Gasteiger partial charge in [-0.15, -0.1) is 0 Å². The van der Waals surface area contributed by atoms with Crippen molar-refractivity contribution in [2.24, 2.45) is 7.05 Å². The van der Waals surface area contributed by atoms with Crippen LogP contribution in [0.1, 0.15) is 44.9 Å². The summed E-state index contributed by atoms with van der Waals surface area (Å²) in [5.41, 5.74) is -0.486. The molecule has 2 rings (SSSR count). The number of aryl methyl sites for hydroxylation is 2. The SMILES string of the molecule is CCOC1(C(=O)CCc2nccn2C)CCCC1. The minimum absolute atomic E-state index is 0.254. The third-order valence-electron chi connectivity index (χ3n) is 3.84. The van der Waals surface area contributed by atoms with Crippen molar-refractivity contribution in [3.05, 3.63) is 18.2 Å². The molecule has 0 amide bonds. The first-order valence-electron chi connectivity index (χ1n) is 6.81. The van der Waals surface area contributed by atoms with Crippen molar-refractivity contribution in [2.75, 3.05) is 6.61 Å². The maximum Gasteiger partial charge on any atom is 0.165 e. The predicted octanol–water partition coefficient (Wildman–Crippen LogP) is 2.27. The van der Waals surface area contributed by atoms with Crippen molar-refractivity contribution < 1.29 is 9.53 Å². The van der Waals surface area contributed by atoms with Crippen LogP contribution in [0.5, 0.6) is 0 Å². The lowest BCUT2D eigenvalue weighted by molar-refractivity contribution is -0.143. The molecule has 1 aliphatic rings. The molecule has 0 atom stereocenters. The van der Waals surface area contributed by atoms with Gasteiger partial charge >= 0.3 is 0 Å². The van der Waals surface area contributed by atoms with Crippen molar-refractivity contribution in [3.63, 3.8) is 0 Å². The third-order valence-corrected chi connectivity index (χ3v) is 3.84. The van der Waals surface area contributed by atoms with Gasteiger partial charge in [0.25, 0.3) is 0 Å². The lowest BCUT2D eigenvalue weighted by Gasteiger charge is -2.27. The number of rotatable bonds is 6. The van der Waals surface area contributed by atoms with E-state index in [0.29, 0.717) is 19.4 Å². The van der Waals surface area contributed by atoms with Crippen LogP contribution in [0.2, 0.25) is 0 Å². The Bertz CT molecular complexity index is 406. The van der Waals surface area contributed by atoms with Gasteiger partial charge in [0.05, 0.1) is 0 Å². The lowest BCUT2D eigenvalue weighted by Crippen LogP contribution is -2.39. The molecule has 0 radical (unpaired) electrons. The van der Waals surface area contributed by atoms with E-state index in [1.165, 1.54) is 0 Å². The maximum atomic E-state index is 12.4. The molecule has 0 bridgehead atoms. The predicted molar refractivity (Wildman–Crippen MR) is 69.4 cm³/mol. The second kappa shape index (κ2) is 5.65. The Morgan fingerprint density at radius 1 is 1.50 bits per heavy atom. The summed E-state index contributed by atoms with van der Waals surface area (Å²) < 4.78 is 7.74. The van der Waals surface area contributed by atoms with Crippen LogP contribution in [-0.4, -0.2) is 27.5 Å². The van der Waals surface area contributed by atoms with E-state index in [1.807, 2.05) is 24.7 Å². The van der Waals surface area contributed by atoms with Crippen LogP contribution in [-0.2, 0) is 23.0 Å². The summed E-state index contributed by atoms with van der Waals surface area (Å²) in [7, 11) is 1.96. The molecule has 0 saturated heterocycles. The molecule has 0 aliphatic heterocycles. The Labute approximate surface area is 108 Å². The Morgan fingerprint density at radius 3 is 2.78 bits per heavy atom. The first kappa shape index (κ1) is 13.3. The van der Waals surface area contributed by atoms with E-state index in [1.54, 1.807) is 6.20 Å². The van der Waals surface area contributed by atoms with Gasteiger partial charge in [-0.3, -0.25) is 4.79 Å². The molecular formula is C14H22N2O2. The van der Waals surface area contributed by atoms with E-state index < -0.39 is 5.60 Å². The first-order chi connectivity index (χ1) is 8.68. The summed E-state index contributed by atoms with van der Waals surface area (Å²) >= 11 is 0. The van der Waals surface area contributed by atoms with Crippen LogP contribution in [0.3, 0.4) is 0 Å². The van der Waals surface area contributed by atoms with Gasteiger partial charge in [0.2, 0.25) is 0 Å². The summed E-state index contributed by atoms with van der Waals surface area (Å²) in [6, 6.07) is 0. The van der Waals surface area contributed by atoms with Crippen LogP contribution in [0.15, 0.2) is 12.4 Å². The molecule has 1 fully saturated rings. The molecule has 1 aliphatic carbocycles. The summed E-state index contributed by atoms with van der Waals surface area (Å²) in [6.45, 7) is 2.58. The maximum absolute atomic E-state index is 12.4. The van der Waals surface area contributed by atoms with E-state index in [-0.39, 0.29) is 5.78 Å². The Balaban J connectivity index is 1.96. The molecule has 100 valence electrons. The zero-order valence-electron chi connectivity index (χ0n) is 11.3. The summed E-state index contributed by atoms with van der Waals surface area (Å²) in [4.78, 5) is 16.7. The van der Waals surface area contributed by atoms with Crippen LogP contribution in [0.4, 0.5) is 0 Å². The largest absolute Gasteiger partial charge is 0.368 e. The molecular weight excluding hydrogens is 228 g/mol. The summed E-state index contributed by atoms with van der Waals surface area (Å²) in [5, 5.41) is 0. The molecule has 1 aromatic rings. The first-order valence-corrected chi connectivity index (χ1v) is 6.81. The average Bonchev–Trinajstić information content (AvgIpc) is 2.97. The fourth-order valence-corrected chi connectivity index (χ4v) is 2.82. The Kier molecular flexibility index (Phi) is 4.17. The normalized spacial score (nSPS) is 18.1. The molecule has 4 heteroatoms. The number of Topliss-reactive ketones (excluding diaryl/α,β-unsaturated/α-hetero) is 1. The number of ether oxygens (including phenoxy) is 1. The van der Waals surface area contributed by atoms with Crippen molar-refractivity contribution in [1.29, 1.82) is 0 Å². The minimum atomic E-state index is -0.486. The molecule has 0 unspecified atom stereocenters. The highest BCUT2D eigenvalue weighted by Crippen LogP contribution is 2.35. The van der Waals surface area contributed by atoms with Crippen LogP contribution in [0, 0.1) is 0 Å². The van der Waals surface area contributed by atoms with Gasteiger partial charge in [-0.25, -0.2) is 4.98 Å². The van der Waals surface area contributed by atoms with Gasteiger partial charge < -0.3 is 9.30 Å². The van der Waals surface area contributed by atoms with Crippen LogP contribution in [0.25, 0.3) is 0 Å². The zero-order chi connectivity index (χ0) is 13.0. The number of aromatic nitrogens is 2. The second-order valence-corrected chi connectivity index (χ2v) is 5.01. The zero-order valence-corrected chi connectivity index (χ0v) is 11.3. The standard InChI is InChI=1S/C14H22N2O2/c1-3-18-14(8-4-5-9-14)12(17)6-7-13-15-10-11-16(13)2/h10-11H,3-9H2,1-2H3. The number of imidazole rings is 1. The molecule has 4 nitrogen and oxygen atoms in total. The number of ketones is 1. The molecule has 1 heterocycles. The van der Waals surface area contributed by atoms with Gasteiger partial charge in [-0.1, -0.05) is 0 Å². The highest BCUT2D eigenvalue weighted by molar-refractivity contribution is 5.87. The van der Waals surface area contributed by atoms with Crippen molar-refractivity contribution in [3.8, 4) is 0 Å². The highest BCUT2D eigenvalue weighted by Gasteiger charge is 2.40. The molecule has 0 spiro atoms. The summed E-state index contributed by atoms with van der Waals surface area (Å²) in [5.74, 6) is 1.22. The number of carbonyl (C=O) groups excluding carboxylic acids is 1. The number of hydrogen-bond acceptors (Lipinski definition) is 3. The van der Waals surface area contributed by atoms with E-state index in [9.17, 15) is 4.79 Å². The van der Waals surface area contributed by atoms with Gasteiger partial charge in [0, 0.05) is 38.9 Å². The van der Waals surface area contributed by atoms with Gasteiger partial charge in [-0.2, -0.15) is 0 Å². The van der Waals surface area contributed by atoms with Crippen LogP contribution >= 0.6 is 0 Å². The van der Waals surface area contributed by atoms with E-state index in [4.69, 9.17) is 4.74 Å². The smallest absolute Gasteiger partial charge is 0.165 e. The molecule has 1 saturated carbocycles. The molecule has 0 N–H and O–H groups in total. The fraction of sp³-hybridized carbons (Fsp3) is 0.714. The van der Waals surface area contributed by atoms with E-state index in [2.05, 4.69) is 4.98 Å². The molecule has 1 aromatic heterocycles. The highest BCUT2D eigenvalue weighted by atomic mass is 16.5. The van der Waals surface area contributed by atoms with Crippen LogP contribution < -0.4 is 0 Å². The summed E-state index contributed by atoms with van der Waals surface area (Å²) in [6.07, 6.45) is 8.91. The Hall–Kier alpha value is -1.16. The Morgan fingerprint density at radius 2 is 2.22 bits per heavy atom. The second-order valence-electron chi connectivity index (χ2n) is 5.01. The monoisotopic (exact) mass is 250 g/mol. The number of nitrogens with zero attached hydrogens (tertiary/aromatic N) is 2. The molecule has 18 heavy (non-hydrogen) atoms. The van der Waals surface area contributed by atoms with Crippen molar-refractivity contribution >= 4 is 5.78 Å². The number of hydrogen-bond donors (Lipinski definition) is 0. The van der Waals surface area contributed by atoms with Gasteiger partial charge in [0.15, 0.2) is 5.78 Å². The van der Waals surface area contributed by atoms with Crippen molar-refractivity contribution in [1.82, 2.24) is 9.55 Å². The fourth-order valence-electron chi connectivity index (χ4n) is 2.82. The molecule has 0 aromatic carbocycles. The number of carbonyl (C=O) groups is 1. The quantitative estimate of drug-likeness (QED) is 0.778. The lowest BCUT2D eigenvalue weighted by atomic mass is 9.93. The van der Waals surface area contributed by atoms with Gasteiger partial charge in [-0.05, 0) is 32.6 Å². The average molecular weight is 250 g/mol. The van der Waals surface area contributed by atoms with E-state index >= 15 is 0 Å².